The number of para-hydroxylation sites is 1. The van der Waals surface area contributed by atoms with Crippen LogP contribution in [0.3, 0.4) is 0 Å². The predicted molar refractivity (Wildman–Crippen MR) is 199 cm³/mol. The van der Waals surface area contributed by atoms with E-state index in [1.807, 2.05) is 65.6 Å². The second-order valence-corrected chi connectivity index (χ2v) is 18.0. The van der Waals surface area contributed by atoms with Crippen molar-refractivity contribution in [3.63, 3.8) is 0 Å². The van der Waals surface area contributed by atoms with Gasteiger partial charge in [0.25, 0.3) is 0 Å². The van der Waals surface area contributed by atoms with Crippen molar-refractivity contribution in [2.75, 3.05) is 24.6 Å². The van der Waals surface area contributed by atoms with Crippen molar-refractivity contribution in [2.24, 2.45) is 17.3 Å². The molecule has 3 unspecified atom stereocenters. The second-order valence-electron chi connectivity index (χ2n) is 15.3. The van der Waals surface area contributed by atoms with E-state index in [0.29, 0.717) is 25.9 Å². The van der Waals surface area contributed by atoms with Gasteiger partial charge in [0.2, 0.25) is 17.7 Å². The zero-order valence-corrected chi connectivity index (χ0v) is 31.3. The van der Waals surface area contributed by atoms with Crippen LogP contribution in [-0.2, 0) is 20.8 Å². The Labute approximate surface area is 298 Å². The van der Waals surface area contributed by atoms with Crippen molar-refractivity contribution in [1.29, 1.82) is 0 Å². The summed E-state index contributed by atoms with van der Waals surface area (Å²) in [7, 11) is 0. The number of thioether (sulfide) groups is 1. The van der Waals surface area contributed by atoms with Crippen molar-refractivity contribution >= 4 is 51.1 Å². The van der Waals surface area contributed by atoms with E-state index >= 15 is 9.59 Å². The molecule has 2 bridgehead atoms. The summed E-state index contributed by atoms with van der Waals surface area (Å²) in [4.78, 5) is 50.3. The second kappa shape index (κ2) is 14.2. The van der Waals surface area contributed by atoms with Crippen LogP contribution in [0.1, 0.15) is 53.0 Å². The van der Waals surface area contributed by atoms with E-state index in [0.717, 1.165) is 17.7 Å². The Morgan fingerprint density at radius 2 is 1.62 bits per heavy atom. The van der Waals surface area contributed by atoms with Gasteiger partial charge in [0.15, 0.2) is 0 Å². The molecule has 3 amide bonds. The van der Waals surface area contributed by atoms with Crippen LogP contribution in [0.25, 0.3) is 0 Å². The zero-order chi connectivity index (χ0) is 35.0. The molecular weight excluding hydrogens is 686 g/mol. The van der Waals surface area contributed by atoms with Gasteiger partial charge in [0.1, 0.15) is 6.04 Å². The summed E-state index contributed by atoms with van der Waals surface area (Å²) in [5.74, 6) is -1.91. The number of rotatable bonds is 13. The number of nitrogens with zero attached hydrogens (tertiary/aromatic N) is 3. The van der Waals surface area contributed by atoms with Crippen LogP contribution >= 0.6 is 27.7 Å². The number of amides is 3. The number of carbonyl (C=O) groups is 3. The fourth-order valence-corrected chi connectivity index (χ4v) is 12.3. The van der Waals surface area contributed by atoms with Gasteiger partial charge in [-0.15, -0.1) is 24.9 Å². The summed E-state index contributed by atoms with van der Waals surface area (Å²) < 4.78 is -0.856. The largest absolute Gasteiger partial charge is 0.394 e. The maximum absolute atomic E-state index is 15.3. The first-order chi connectivity index (χ1) is 22.7. The lowest BCUT2D eigenvalue weighted by molar-refractivity contribution is -0.149. The minimum absolute atomic E-state index is 0.0682. The van der Waals surface area contributed by atoms with Crippen molar-refractivity contribution in [1.82, 2.24) is 9.80 Å². The highest BCUT2D eigenvalue weighted by Crippen LogP contribution is 2.68. The molecule has 48 heavy (non-hydrogen) atoms. The topological polar surface area (TPSA) is 81.2 Å². The van der Waals surface area contributed by atoms with E-state index in [1.165, 1.54) is 0 Å². The van der Waals surface area contributed by atoms with Crippen molar-refractivity contribution in [2.45, 2.75) is 86.3 Å². The van der Waals surface area contributed by atoms with Crippen molar-refractivity contribution in [3.05, 3.63) is 91.5 Å². The Bertz CT molecular complexity index is 1510. The van der Waals surface area contributed by atoms with Crippen LogP contribution in [-0.4, -0.2) is 84.8 Å². The number of alkyl halides is 1. The Morgan fingerprint density at radius 1 is 1.02 bits per heavy atom. The predicted octanol–water partition coefficient (Wildman–Crippen LogP) is 6.50. The number of aliphatic hydroxyl groups is 1. The van der Waals surface area contributed by atoms with Gasteiger partial charge in [0, 0.05) is 34.4 Å². The van der Waals surface area contributed by atoms with E-state index in [2.05, 4.69) is 63.7 Å². The lowest BCUT2D eigenvalue weighted by atomic mass is 9.70. The summed E-state index contributed by atoms with van der Waals surface area (Å²) in [5, 5.41) is 10.7. The van der Waals surface area contributed by atoms with E-state index < -0.39 is 34.2 Å². The lowest BCUT2D eigenvalue weighted by Gasteiger charge is -2.46. The summed E-state index contributed by atoms with van der Waals surface area (Å²) in [5.41, 5.74) is 1.08. The first-order valence-corrected chi connectivity index (χ1v) is 18.7. The smallest absolute Gasteiger partial charge is 0.247 e. The number of benzene rings is 2. The van der Waals surface area contributed by atoms with E-state index in [4.69, 9.17) is 0 Å². The standard InChI is InChI=1S/C39H50BrN3O4S/c1-8-20-41(27-18-14-11-15-19-27)34(45)30-31-35(46)43(28(24-44)22-26-16-12-10-13-17-26)33(39(31)23-29(40)32(30)48-39)36(47)42(21-9-2)38(6,7)25-37(3,4)5/h8-19,28-33,44H,1-2,20-25H2,3-7H3/t28-,29?,30-,31+,32-,33?,39?/m1/s1. The fraction of sp³-hybridized carbons (Fsp3) is 0.513. The highest BCUT2D eigenvalue weighted by Gasteiger charge is 2.76. The van der Waals surface area contributed by atoms with Gasteiger partial charge in [-0.25, -0.2) is 0 Å². The van der Waals surface area contributed by atoms with Crippen LogP contribution < -0.4 is 4.90 Å². The summed E-state index contributed by atoms with van der Waals surface area (Å²) in [6, 6.07) is 17.7. The number of likely N-dealkylation sites (tertiary alicyclic amines) is 1. The van der Waals surface area contributed by atoms with Crippen LogP contribution in [0.5, 0.6) is 0 Å². The minimum atomic E-state index is -0.868. The number of hydrogen-bond donors (Lipinski definition) is 1. The number of halogens is 1. The van der Waals surface area contributed by atoms with E-state index in [1.54, 1.807) is 33.7 Å². The van der Waals surface area contributed by atoms with Gasteiger partial charge in [-0.1, -0.05) is 97.4 Å². The van der Waals surface area contributed by atoms with Crippen LogP contribution in [0, 0.1) is 17.3 Å². The molecule has 2 aromatic rings. The number of fused-ring (bicyclic) bond motifs is 1. The third-order valence-corrected chi connectivity index (χ3v) is 13.3. The maximum atomic E-state index is 15.3. The molecule has 0 aromatic heterocycles. The third kappa shape index (κ3) is 6.67. The van der Waals surface area contributed by atoms with E-state index in [-0.39, 0.29) is 39.8 Å². The lowest BCUT2D eigenvalue weighted by Crippen LogP contribution is -2.62. The molecule has 3 aliphatic heterocycles. The molecule has 0 radical (unpaired) electrons. The molecular formula is C39H50BrN3O4S. The van der Waals surface area contributed by atoms with Crippen LogP contribution in [0.4, 0.5) is 5.69 Å². The molecule has 2 aromatic carbocycles. The van der Waals surface area contributed by atoms with Crippen molar-refractivity contribution < 1.29 is 19.5 Å². The number of carbonyl (C=O) groups excluding carboxylic acids is 3. The average molecular weight is 737 g/mol. The van der Waals surface area contributed by atoms with Gasteiger partial charge in [-0.2, -0.15) is 0 Å². The fourth-order valence-electron chi connectivity index (χ4n) is 8.70. The third-order valence-electron chi connectivity index (χ3n) is 10.1. The number of hydrogen-bond acceptors (Lipinski definition) is 5. The summed E-state index contributed by atoms with van der Waals surface area (Å²) in [6.45, 7) is 18.9. The van der Waals surface area contributed by atoms with Gasteiger partial charge in [-0.3, -0.25) is 14.4 Å². The van der Waals surface area contributed by atoms with Gasteiger partial charge in [-0.05, 0) is 56.2 Å². The molecule has 3 saturated heterocycles. The quantitative estimate of drug-likeness (QED) is 0.188. The molecule has 1 N–H and O–H groups in total. The Kier molecular flexibility index (Phi) is 10.7. The molecule has 3 aliphatic rings. The van der Waals surface area contributed by atoms with Crippen molar-refractivity contribution in [3.8, 4) is 0 Å². The minimum Gasteiger partial charge on any atom is -0.394 e. The highest BCUT2D eigenvalue weighted by molar-refractivity contribution is 9.09. The Balaban J connectivity index is 1.64. The summed E-state index contributed by atoms with van der Waals surface area (Å²) >= 11 is 5.54. The SMILES string of the molecule is C=CCN(C(=O)[C@H]1[C@@H]2SC3(CC2Br)C(C(=O)N(CC=C)C(C)(C)CC(C)(C)C)N([C@@H](CO)Cc2ccccc2)C(=O)[C@H]13)c1ccccc1. The van der Waals surface area contributed by atoms with Crippen LogP contribution in [0.2, 0.25) is 0 Å². The zero-order valence-electron chi connectivity index (χ0n) is 28.8. The molecule has 258 valence electrons. The molecule has 0 saturated carbocycles. The number of anilines is 1. The molecule has 0 aliphatic carbocycles. The first kappa shape index (κ1) is 36.4. The molecule has 3 heterocycles. The van der Waals surface area contributed by atoms with Gasteiger partial charge < -0.3 is 19.8 Å². The van der Waals surface area contributed by atoms with Gasteiger partial charge >= 0.3 is 0 Å². The monoisotopic (exact) mass is 735 g/mol. The normalized spacial score (nSPS) is 27.0. The first-order valence-electron chi connectivity index (χ1n) is 16.9. The molecule has 3 fully saturated rings. The summed E-state index contributed by atoms with van der Waals surface area (Å²) in [6.07, 6.45) is 5.13. The Hall–Kier alpha value is -2.88. The highest BCUT2D eigenvalue weighted by atomic mass is 79.9. The molecule has 7 nitrogen and oxygen atoms in total. The Morgan fingerprint density at radius 3 is 2.19 bits per heavy atom. The average Bonchev–Trinajstić information content (AvgIpc) is 3.63. The molecule has 7 atom stereocenters. The van der Waals surface area contributed by atoms with E-state index in [9.17, 15) is 9.90 Å². The molecule has 1 spiro atoms. The molecule has 5 rings (SSSR count). The van der Waals surface area contributed by atoms with Crippen LogP contribution in [0.15, 0.2) is 86.0 Å². The maximum Gasteiger partial charge on any atom is 0.247 e. The molecule has 9 heteroatoms. The number of aliphatic hydroxyl groups excluding tert-OH is 1. The van der Waals surface area contributed by atoms with Gasteiger partial charge in [0.05, 0.1) is 29.2 Å².